The van der Waals surface area contributed by atoms with Crippen LogP contribution in [0.5, 0.6) is 0 Å². The highest BCUT2D eigenvalue weighted by Gasteiger charge is 2.51. The van der Waals surface area contributed by atoms with Gasteiger partial charge in [0, 0.05) is 0 Å². The number of carbonyl (C=O) groups is 4. The molecule has 0 saturated carbocycles. The van der Waals surface area contributed by atoms with Gasteiger partial charge < -0.3 is 14.2 Å². The molecule has 0 aliphatic carbocycles. The van der Waals surface area contributed by atoms with Gasteiger partial charge in [-0.15, -0.1) is 0 Å². The summed E-state index contributed by atoms with van der Waals surface area (Å²) >= 11 is 0. The molecule has 1 aliphatic heterocycles. The predicted molar refractivity (Wildman–Crippen MR) is 140 cm³/mol. The minimum Gasteiger partial charge on any atom is -0.445 e. The van der Waals surface area contributed by atoms with Crippen LogP contribution < -0.4 is 0 Å². The molecule has 194 valence electrons. The molecule has 1 fully saturated rings. The molecule has 0 spiro atoms. The van der Waals surface area contributed by atoms with Crippen molar-refractivity contribution in [2.24, 2.45) is 0 Å². The molecule has 0 bridgehead atoms. The topological polar surface area (TPSA) is 96.0 Å². The Bertz CT molecular complexity index is 1260. The molecule has 7 nitrogen and oxygen atoms in total. The van der Waals surface area contributed by atoms with E-state index >= 15 is 0 Å². The van der Waals surface area contributed by atoms with Crippen LogP contribution in [-0.2, 0) is 33.4 Å². The number of carbonyl (C=O) groups excluding carboxylic acids is 4. The van der Waals surface area contributed by atoms with Crippen molar-refractivity contribution in [3.8, 4) is 0 Å². The maximum absolute atomic E-state index is 13.5. The van der Waals surface area contributed by atoms with E-state index in [-0.39, 0.29) is 0 Å². The summed E-state index contributed by atoms with van der Waals surface area (Å²) in [5.41, 5.74) is 2.53. The van der Waals surface area contributed by atoms with Gasteiger partial charge in [-0.3, -0.25) is 9.59 Å². The predicted octanol–water partition coefficient (Wildman–Crippen LogP) is 4.56. The Morgan fingerprint density at radius 2 is 0.744 bits per heavy atom. The Labute approximate surface area is 225 Å². The molecule has 7 heteroatoms. The minimum absolute atomic E-state index is 0.633. The zero-order valence-electron chi connectivity index (χ0n) is 20.7. The second-order valence-corrected chi connectivity index (χ2v) is 8.96. The number of benzene rings is 4. The highest BCUT2D eigenvalue weighted by molar-refractivity contribution is 6.02. The first kappa shape index (κ1) is 25.6. The van der Waals surface area contributed by atoms with Gasteiger partial charge in [-0.05, 0) is 22.3 Å². The maximum atomic E-state index is 13.5. The fourth-order valence-electron chi connectivity index (χ4n) is 4.58. The molecule has 0 amide bonds. The third-order valence-corrected chi connectivity index (χ3v) is 6.43. The van der Waals surface area contributed by atoms with E-state index in [4.69, 9.17) is 14.2 Å². The zero-order valence-corrected chi connectivity index (χ0v) is 20.7. The van der Waals surface area contributed by atoms with Gasteiger partial charge in [0.25, 0.3) is 0 Å². The fourth-order valence-corrected chi connectivity index (χ4v) is 4.58. The molecule has 1 aliphatic rings. The van der Waals surface area contributed by atoms with Crippen molar-refractivity contribution >= 4 is 23.9 Å². The summed E-state index contributed by atoms with van der Waals surface area (Å²) in [5, 5.41) is 0. The standard InChI is InChI=1S/C32H24O7/c33-29(25(21-13-5-1-6-14-21)22-15-7-2-8-16-22)37-27-28(32(36)39-31(27)35)38-30(34)26(23-17-9-3-10-18-23)24-19-11-4-12-20-24/h1-20,25-28H/t27-,28-/m1/s1. The van der Waals surface area contributed by atoms with Crippen molar-refractivity contribution in [1.82, 2.24) is 0 Å². The second kappa shape index (κ2) is 11.6. The van der Waals surface area contributed by atoms with Crippen molar-refractivity contribution in [3.63, 3.8) is 0 Å². The molecule has 1 saturated heterocycles. The van der Waals surface area contributed by atoms with Gasteiger partial charge in [-0.1, -0.05) is 121 Å². The molecular formula is C32H24O7. The van der Waals surface area contributed by atoms with Gasteiger partial charge in [0.15, 0.2) is 0 Å². The molecule has 39 heavy (non-hydrogen) atoms. The Morgan fingerprint density at radius 3 is 1.00 bits per heavy atom. The van der Waals surface area contributed by atoms with Gasteiger partial charge in [0.1, 0.15) is 11.8 Å². The summed E-state index contributed by atoms with van der Waals surface area (Å²) in [7, 11) is 0. The number of rotatable bonds is 8. The Morgan fingerprint density at radius 1 is 0.487 bits per heavy atom. The van der Waals surface area contributed by atoms with Crippen molar-refractivity contribution in [1.29, 1.82) is 0 Å². The van der Waals surface area contributed by atoms with E-state index in [9.17, 15) is 19.2 Å². The summed E-state index contributed by atoms with van der Waals surface area (Å²) in [6.07, 6.45) is -3.48. The number of hydrogen-bond acceptors (Lipinski definition) is 7. The molecular weight excluding hydrogens is 496 g/mol. The van der Waals surface area contributed by atoms with Crippen LogP contribution in [0.15, 0.2) is 121 Å². The van der Waals surface area contributed by atoms with E-state index in [0.29, 0.717) is 22.3 Å². The average molecular weight is 521 g/mol. The van der Waals surface area contributed by atoms with Crippen LogP contribution in [0, 0.1) is 0 Å². The lowest BCUT2D eigenvalue weighted by Gasteiger charge is -2.22. The second-order valence-electron chi connectivity index (χ2n) is 8.96. The number of ether oxygens (including phenoxy) is 3. The Hall–Kier alpha value is -5.04. The summed E-state index contributed by atoms with van der Waals surface area (Å²) in [5.74, 6) is -5.52. The zero-order chi connectivity index (χ0) is 27.2. The minimum atomic E-state index is -1.74. The van der Waals surface area contributed by atoms with Crippen LogP contribution in [0.4, 0.5) is 0 Å². The van der Waals surface area contributed by atoms with Gasteiger partial charge in [-0.2, -0.15) is 0 Å². The first-order valence-electron chi connectivity index (χ1n) is 12.4. The summed E-state index contributed by atoms with van der Waals surface area (Å²) in [6.45, 7) is 0. The molecule has 0 radical (unpaired) electrons. The molecule has 4 aromatic carbocycles. The lowest BCUT2D eigenvalue weighted by atomic mass is 9.91. The van der Waals surface area contributed by atoms with E-state index < -0.39 is 47.9 Å². The van der Waals surface area contributed by atoms with Crippen molar-refractivity contribution in [3.05, 3.63) is 144 Å². The molecule has 0 aromatic heterocycles. The number of cyclic esters (lactones) is 2. The van der Waals surface area contributed by atoms with E-state index in [1.807, 2.05) is 24.3 Å². The SMILES string of the molecule is O=C(O[C@H]1C(=O)OC(=O)[C@@H]1OC(=O)C(c1ccccc1)c1ccccc1)C(c1ccccc1)c1ccccc1. The lowest BCUT2D eigenvalue weighted by Crippen LogP contribution is -2.39. The van der Waals surface area contributed by atoms with Crippen molar-refractivity contribution in [2.75, 3.05) is 0 Å². The highest BCUT2D eigenvalue weighted by atomic mass is 16.7. The molecule has 0 unspecified atom stereocenters. The van der Waals surface area contributed by atoms with Gasteiger partial charge in [0.2, 0.25) is 12.2 Å². The van der Waals surface area contributed by atoms with E-state index in [1.165, 1.54) is 0 Å². The molecule has 5 rings (SSSR count). The van der Waals surface area contributed by atoms with Crippen LogP contribution in [-0.4, -0.2) is 36.1 Å². The van der Waals surface area contributed by atoms with E-state index in [0.717, 1.165) is 0 Å². The molecule has 2 atom stereocenters. The third-order valence-electron chi connectivity index (χ3n) is 6.43. The summed E-state index contributed by atoms with van der Waals surface area (Å²) < 4.78 is 15.9. The van der Waals surface area contributed by atoms with Crippen LogP contribution >= 0.6 is 0 Å². The monoisotopic (exact) mass is 520 g/mol. The summed E-state index contributed by atoms with van der Waals surface area (Å²) in [4.78, 5) is 52.2. The fraction of sp³-hybridized carbons (Fsp3) is 0.125. The first-order chi connectivity index (χ1) is 19.0. The molecule has 4 aromatic rings. The van der Waals surface area contributed by atoms with Crippen LogP contribution in [0.25, 0.3) is 0 Å². The maximum Gasteiger partial charge on any atom is 0.359 e. The Kier molecular flexibility index (Phi) is 7.59. The molecule has 0 N–H and O–H groups in total. The van der Waals surface area contributed by atoms with Crippen molar-refractivity contribution < 1.29 is 33.4 Å². The number of esters is 4. The van der Waals surface area contributed by atoms with E-state index in [2.05, 4.69) is 0 Å². The average Bonchev–Trinajstić information content (AvgIpc) is 3.22. The van der Waals surface area contributed by atoms with Gasteiger partial charge in [-0.25, -0.2) is 9.59 Å². The van der Waals surface area contributed by atoms with Gasteiger partial charge in [0.05, 0.1) is 0 Å². The van der Waals surface area contributed by atoms with Crippen LogP contribution in [0.2, 0.25) is 0 Å². The largest absolute Gasteiger partial charge is 0.445 e. The van der Waals surface area contributed by atoms with Crippen LogP contribution in [0.3, 0.4) is 0 Å². The third kappa shape index (κ3) is 5.62. The first-order valence-corrected chi connectivity index (χ1v) is 12.4. The molecule has 1 heterocycles. The smallest absolute Gasteiger partial charge is 0.359 e. The van der Waals surface area contributed by atoms with Crippen molar-refractivity contribution in [2.45, 2.75) is 24.0 Å². The van der Waals surface area contributed by atoms with Gasteiger partial charge >= 0.3 is 23.9 Å². The number of hydrogen-bond donors (Lipinski definition) is 0. The lowest BCUT2D eigenvalue weighted by molar-refractivity contribution is -0.170. The quantitative estimate of drug-likeness (QED) is 0.191. The Balaban J connectivity index is 1.41. The van der Waals surface area contributed by atoms with Crippen LogP contribution in [0.1, 0.15) is 34.1 Å². The normalized spacial score (nSPS) is 16.7. The highest BCUT2D eigenvalue weighted by Crippen LogP contribution is 2.31. The van der Waals surface area contributed by atoms with E-state index in [1.54, 1.807) is 97.1 Å². The summed E-state index contributed by atoms with van der Waals surface area (Å²) in [6, 6.07) is 35.6.